The van der Waals surface area contributed by atoms with E-state index in [1.54, 1.807) is 0 Å². The predicted molar refractivity (Wildman–Crippen MR) is 60.1 cm³/mol. The molecule has 0 saturated heterocycles. The molecule has 0 amide bonds. The Bertz CT molecular complexity index is 196. The fraction of sp³-hybridized carbons (Fsp3) is 1.00. The van der Waals surface area contributed by atoms with Crippen molar-refractivity contribution in [2.45, 2.75) is 57.5 Å². The maximum absolute atomic E-state index is 6.00. The molecule has 2 rings (SSSR count). The van der Waals surface area contributed by atoms with Crippen molar-refractivity contribution in [3.05, 3.63) is 0 Å². The average molecular weight is 196 g/mol. The first kappa shape index (κ1) is 10.4. The van der Waals surface area contributed by atoms with Gasteiger partial charge >= 0.3 is 0 Å². The van der Waals surface area contributed by atoms with E-state index in [4.69, 9.17) is 5.73 Å². The molecule has 0 aliphatic heterocycles. The molecule has 2 aliphatic rings. The molecular formula is C12H24N2. The number of nitrogens with two attached hydrogens (primary N) is 1. The molecule has 3 atom stereocenters. The van der Waals surface area contributed by atoms with Gasteiger partial charge in [-0.3, -0.25) is 0 Å². The zero-order chi connectivity index (χ0) is 10.2. The van der Waals surface area contributed by atoms with E-state index in [1.807, 2.05) is 0 Å². The quantitative estimate of drug-likeness (QED) is 0.723. The zero-order valence-electron chi connectivity index (χ0n) is 9.55. The van der Waals surface area contributed by atoms with Crippen LogP contribution in [0.25, 0.3) is 0 Å². The fourth-order valence-corrected chi connectivity index (χ4v) is 2.91. The Kier molecular flexibility index (Phi) is 2.85. The van der Waals surface area contributed by atoms with Crippen LogP contribution in [0.1, 0.15) is 46.0 Å². The summed E-state index contributed by atoms with van der Waals surface area (Å²) >= 11 is 0. The minimum Gasteiger partial charge on any atom is -0.329 e. The summed E-state index contributed by atoms with van der Waals surface area (Å²) in [5, 5.41) is 3.81. The monoisotopic (exact) mass is 196 g/mol. The van der Waals surface area contributed by atoms with Gasteiger partial charge in [0.15, 0.2) is 0 Å². The second-order valence-corrected chi connectivity index (χ2v) is 5.57. The van der Waals surface area contributed by atoms with E-state index >= 15 is 0 Å². The lowest BCUT2D eigenvalue weighted by atomic mass is 9.69. The average Bonchev–Trinajstić information content (AvgIpc) is 2.95. The first-order chi connectivity index (χ1) is 6.66. The summed E-state index contributed by atoms with van der Waals surface area (Å²) in [5.41, 5.74) is 6.27. The first-order valence-corrected chi connectivity index (χ1v) is 6.14. The van der Waals surface area contributed by atoms with Crippen LogP contribution < -0.4 is 11.1 Å². The van der Waals surface area contributed by atoms with Crippen molar-refractivity contribution in [1.82, 2.24) is 5.32 Å². The first-order valence-electron chi connectivity index (χ1n) is 6.14. The largest absolute Gasteiger partial charge is 0.329 e. The summed E-state index contributed by atoms with van der Waals surface area (Å²) in [6.07, 6.45) is 6.74. The minimum absolute atomic E-state index is 0.263. The number of hydrogen-bond donors (Lipinski definition) is 2. The smallest absolute Gasteiger partial charge is 0.0334 e. The van der Waals surface area contributed by atoms with Gasteiger partial charge in [-0.05, 0) is 37.5 Å². The molecule has 2 fully saturated rings. The topological polar surface area (TPSA) is 38.0 Å². The van der Waals surface area contributed by atoms with Crippen molar-refractivity contribution in [2.75, 3.05) is 6.54 Å². The molecule has 2 nitrogen and oxygen atoms in total. The Morgan fingerprint density at radius 2 is 1.93 bits per heavy atom. The third kappa shape index (κ3) is 1.96. The molecule has 0 bridgehead atoms. The summed E-state index contributed by atoms with van der Waals surface area (Å²) in [6.45, 7) is 5.55. The van der Waals surface area contributed by atoms with E-state index in [0.717, 1.165) is 24.4 Å². The molecular weight excluding hydrogens is 172 g/mol. The maximum Gasteiger partial charge on any atom is 0.0334 e. The number of rotatable bonds is 3. The van der Waals surface area contributed by atoms with Crippen molar-refractivity contribution in [3.63, 3.8) is 0 Å². The number of hydrogen-bond acceptors (Lipinski definition) is 2. The van der Waals surface area contributed by atoms with E-state index in [0.29, 0.717) is 0 Å². The zero-order valence-corrected chi connectivity index (χ0v) is 9.55. The molecule has 3 unspecified atom stereocenters. The highest BCUT2D eigenvalue weighted by molar-refractivity contribution is 5.02. The Hall–Kier alpha value is -0.0800. The van der Waals surface area contributed by atoms with Crippen LogP contribution in [0.5, 0.6) is 0 Å². The molecule has 14 heavy (non-hydrogen) atoms. The molecule has 3 N–H and O–H groups in total. The van der Waals surface area contributed by atoms with Gasteiger partial charge in [-0.25, -0.2) is 0 Å². The normalized spacial score (nSPS) is 43.9. The molecule has 0 radical (unpaired) electrons. The Morgan fingerprint density at radius 1 is 1.21 bits per heavy atom. The third-order valence-corrected chi connectivity index (χ3v) is 4.18. The van der Waals surface area contributed by atoms with E-state index in [1.165, 1.54) is 32.1 Å². The second kappa shape index (κ2) is 3.82. The highest BCUT2D eigenvalue weighted by atomic mass is 15.1. The van der Waals surface area contributed by atoms with Crippen molar-refractivity contribution >= 4 is 0 Å². The van der Waals surface area contributed by atoms with Crippen LogP contribution in [-0.2, 0) is 0 Å². The Labute approximate surface area is 87.6 Å². The van der Waals surface area contributed by atoms with Gasteiger partial charge in [-0.15, -0.1) is 0 Å². The molecule has 2 saturated carbocycles. The molecule has 0 spiro atoms. The van der Waals surface area contributed by atoms with Gasteiger partial charge < -0.3 is 11.1 Å². The standard InChI is InChI=1S/C12H24N2/c1-9-3-4-10(2)12(7-9,8-13)14-11-5-6-11/h9-11,14H,3-8,13H2,1-2H3. The van der Waals surface area contributed by atoms with Crippen LogP contribution in [0.15, 0.2) is 0 Å². The summed E-state index contributed by atoms with van der Waals surface area (Å²) in [7, 11) is 0. The van der Waals surface area contributed by atoms with E-state index in [2.05, 4.69) is 19.2 Å². The molecule has 0 aromatic rings. The van der Waals surface area contributed by atoms with Crippen LogP contribution in [0.4, 0.5) is 0 Å². The van der Waals surface area contributed by atoms with Gasteiger partial charge in [0.05, 0.1) is 0 Å². The van der Waals surface area contributed by atoms with Crippen molar-refractivity contribution < 1.29 is 0 Å². The summed E-state index contributed by atoms with van der Waals surface area (Å²) in [5.74, 6) is 1.60. The van der Waals surface area contributed by atoms with Crippen LogP contribution in [0.2, 0.25) is 0 Å². The fourth-order valence-electron chi connectivity index (χ4n) is 2.91. The van der Waals surface area contributed by atoms with Crippen LogP contribution >= 0.6 is 0 Å². The summed E-state index contributed by atoms with van der Waals surface area (Å²) in [6, 6.07) is 0.784. The molecule has 0 aromatic heterocycles. The number of nitrogens with one attached hydrogen (secondary N) is 1. The van der Waals surface area contributed by atoms with Gasteiger partial charge in [0.25, 0.3) is 0 Å². The Morgan fingerprint density at radius 3 is 2.50 bits per heavy atom. The van der Waals surface area contributed by atoms with Crippen LogP contribution in [0.3, 0.4) is 0 Å². The predicted octanol–water partition coefficient (Wildman–Crippen LogP) is 1.89. The Balaban J connectivity index is 2.04. The lowest BCUT2D eigenvalue weighted by Gasteiger charge is -2.45. The molecule has 0 heterocycles. The highest BCUT2D eigenvalue weighted by Gasteiger charge is 2.42. The van der Waals surface area contributed by atoms with Crippen molar-refractivity contribution in [1.29, 1.82) is 0 Å². The van der Waals surface area contributed by atoms with Gasteiger partial charge in [-0.2, -0.15) is 0 Å². The van der Waals surface area contributed by atoms with Crippen LogP contribution in [0, 0.1) is 11.8 Å². The van der Waals surface area contributed by atoms with Crippen molar-refractivity contribution in [2.24, 2.45) is 17.6 Å². The lowest BCUT2D eigenvalue weighted by Crippen LogP contribution is -2.59. The molecule has 2 heteroatoms. The molecule has 82 valence electrons. The van der Waals surface area contributed by atoms with Crippen molar-refractivity contribution in [3.8, 4) is 0 Å². The molecule has 0 aromatic carbocycles. The lowest BCUT2D eigenvalue weighted by molar-refractivity contribution is 0.124. The van der Waals surface area contributed by atoms with Gasteiger partial charge in [-0.1, -0.05) is 20.3 Å². The summed E-state index contributed by atoms with van der Waals surface area (Å²) < 4.78 is 0. The van der Waals surface area contributed by atoms with Crippen LogP contribution in [-0.4, -0.2) is 18.1 Å². The third-order valence-electron chi connectivity index (χ3n) is 4.18. The van der Waals surface area contributed by atoms with E-state index in [9.17, 15) is 0 Å². The SMILES string of the molecule is CC1CCC(C)C(CN)(NC2CC2)C1. The maximum atomic E-state index is 6.00. The van der Waals surface area contributed by atoms with E-state index in [-0.39, 0.29) is 5.54 Å². The van der Waals surface area contributed by atoms with Gasteiger partial charge in [0.1, 0.15) is 0 Å². The molecule has 2 aliphatic carbocycles. The van der Waals surface area contributed by atoms with E-state index < -0.39 is 0 Å². The minimum atomic E-state index is 0.263. The highest BCUT2D eigenvalue weighted by Crippen LogP contribution is 2.38. The van der Waals surface area contributed by atoms with Gasteiger partial charge in [0, 0.05) is 18.1 Å². The summed E-state index contributed by atoms with van der Waals surface area (Å²) in [4.78, 5) is 0. The van der Waals surface area contributed by atoms with Gasteiger partial charge in [0.2, 0.25) is 0 Å². The second-order valence-electron chi connectivity index (χ2n) is 5.57.